The first-order valence-electron chi connectivity index (χ1n) is 9.52. The zero-order valence-electron chi connectivity index (χ0n) is 16.6. The van der Waals surface area contributed by atoms with Gasteiger partial charge in [-0.2, -0.15) is 10.5 Å². The molecule has 0 radical (unpaired) electrons. The van der Waals surface area contributed by atoms with Gasteiger partial charge >= 0.3 is 0 Å². The van der Waals surface area contributed by atoms with Crippen molar-refractivity contribution in [3.8, 4) is 12.1 Å². The fourth-order valence-corrected chi connectivity index (χ4v) is 4.67. The Bertz CT molecular complexity index is 1090. The van der Waals surface area contributed by atoms with Crippen LogP contribution in [-0.2, 0) is 11.2 Å². The summed E-state index contributed by atoms with van der Waals surface area (Å²) in [5.41, 5.74) is 5.59. The second kappa shape index (κ2) is 9.29. The van der Waals surface area contributed by atoms with Crippen molar-refractivity contribution in [3.63, 3.8) is 0 Å². The van der Waals surface area contributed by atoms with Crippen molar-refractivity contribution in [2.45, 2.75) is 36.1 Å². The lowest BCUT2D eigenvalue weighted by Crippen LogP contribution is -2.25. The number of hydrogen-bond acceptors (Lipinski definition) is 7. The van der Waals surface area contributed by atoms with Gasteiger partial charge in [0.1, 0.15) is 39.9 Å². The molecule has 2 heterocycles. The number of anilines is 1. The molecule has 1 unspecified atom stereocenters. The van der Waals surface area contributed by atoms with Gasteiger partial charge in [-0.05, 0) is 30.5 Å². The maximum absolute atomic E-state index is 14.4. The maximum atomic E-state index is 14.4. The van der Waals surface area contributed by atoms with E-state index in [0.29, 0.717) is 36.7 Å². The van der Waals surface area contributed by atoms with E-state index in [2.05, 4.69) is 11.1 Å². The molecule has 0 bridgehead atoms. The molecule has 1 aromatic heterocycles. The van der Waals surface area contributed by atoms with E-state index in [1.165, 1.54) is 6.07 Å². The summed E-state index contributed by atoms with van der Waals surface area (Å²) in [4.78, 5) is 18.3. The van der Waals surface area contributed by atoms with E-state index in [-0.39, 0.29) is 28.5 Å². The quantitative estimate of drug-likeness (QED) is 0.657. The minimum absolute atomic E-state index is 0.0428. The van der Waals surface area contributed by atoms with Crippen molar-refractivity contribution < 1.29 is 18.7 Å². The Balaban J connectivity index is 2.18. The van der Waals surface area contributed by atoms with Crippen molar-refractivity contribution in [1.29, 1.82) is 10.5 Å². The molecule has 1 aliphatic rings. The normalized spacial score (nSPS) is 16.6. The highest BCUT2D eigenvalue weighted by Crippen LogP contribution is 2.41. The second-order valence-electron chi connectivity index (χ2n) is 6.97. The van der Waals surface area contributed by atoms with Crippen LogP contribution < -0.4 is 10.6 Å². The van der Waals surface area contributed by atoms with Crippen LogP contribution in [0.25, 0.3) is 0 Å². The highest BCUT2D eigenvalue weighted by Gasteiger charge is 2.32. The molecular formula is C21H19F2N5O2S. The average Bonchev–Trinajstić information content (AvgIpc) is 3.17. The Morgan fingerprint density at radius 2 is 2.00 bits per heavy atom. The van der Waals surface area contributed by atoms with Crippen LogP contribution in [0.4, 0.5) is 14.6 Å². The first-order valence-corrected chi connectivity index (χ1v) is 10.4. The SMILES string of the molecule is CCc1c(C#N)c(SC(C(N)=O)c2c(F)cccc2F)nc(N2CC[C@H](O)C2)c1C#N. The number of nitrogens with zero attached hydrogens (tertiary/aromatic N) is 4. The number of halogens is 2. The zero-order chi connectivity index (χ0) is 22.7. The van der Waals surface area contributed by atoms with Crippen LogP contribution in [0, 0.1) is 34.3 Å². The van der Waals surface area contributed by atoms with E-state index in [0.717, 1.165) is 12.1 Å². The number of primary amides is 1. The molecule has 1 amide bonds. The third-order valence-corrected chi connectivity index (χ3v) is 6.26. The number of aliphatic hydroxyl groups is 1. The highest BCUT2D eigenvalue weighted by molar-refractivity contribution is 8.00. The van der Waals surface area contributed by atoms with Crippen LogP contribution in [0.2, 0.25) is 0 Å². The van der Waals surface area contributed by atoms with E-state index in [1.807, 2.05) is 6.07 Å². The van der Waals surface area contributed by atoms with Gasteiger partial charge in [-0.3, -0.25) is 4.79 Å². The van der Waals surface area contributed by atoms with Gasteiger partial charge in [-0.25, -0.2) is 13.8 Å². The number of amides is 1. The van der Waals surface area contributed by atoms with Gasteiger partial charge < -0.3 is 15.7 Å². The number of aromatic nitrogens is 1. The number of aliphatic hydroxyl groups excluding tert-OH is 1. The number of benzene rings is 1. The van der Waals surface area contributed by atoms with Crippen molar-refractivity contribution in [2.75, 3.05) is 18.0 Å². The molecule has 1 fully saturated rings. The lowest BCUT2D eigenvalue weighted by atomic mass is 10.0. The first kappa shape index (κ1) is 22.5. The Kier molecular flexibility index (Phi) is 6.74. The first-order chi connectivity index (χ1) is 14.8. The van der Waals surface area contributed by atoms with Crippen LogP contribution in [0.1, 0.15) is 40.8 Å². The summed E-state index contributed by atoms with van der Waals surface area (Å²) in [6, 6.07) is 7.28. The van der Waals surface area contributed by atoms with Gasteiger partial charge in [0, 0.05) is 18.7 Å². The van der Waals surface area contributed by atoms with Crippen LogP contribution in [-0.4, -0.2) is 35.2 Å². The number of hydrogen-bond donors (Lipinski definition) is 2. The van der Waals surface area contributed by atoms with Gasteiger partial charge in [0.2, 0.25) is 5.91 Å². The molecule has 3 N–H and O–H groups in total. The molecule has 31 heavy (non-hydrogen) atoms. The molecule has 10 heteroatoms. The summed E-state index contributed by atoms with van der Waals surface area (Å²) in [7, 11) is 0. The fourth-order valence-electron chi connectivity index (χ4n) is 3.56. The summed E-state index contributed by atoms with van der Waals surface area (Å²) >= 11 is 0.665. The number of thioether (sulfide) groups is 1. The molecule has 1 aromatic carbocycles. The second-order valence-corrected chi connectivity index (χ2v) is 8.06. The molecule has 3 rings (SSSR count). The predicted molar refractivity (Wildman–Crippen MR) is 110 cm³/mol. The molecule has 2 atom stereocenters. The Hall–Kier alpha value is -3.21. The Morgan fingerprint density at radius 3 is 2.48 bits per heavy atom. The minimum atomic E-state index is -1.48. The summed E-state index contributed by atoms with van der Waals surface area (Å²) in [5, 5.41) is 27.9. The topological polar surface area (TPSA) is 127 Å². The third kappa shape index (κ3) is 4.31. The number of rotatable bonds is 6. The van der Waals surface area contributed by atoms with Crippen molar-refractivity contribution in [3.05, 3.63) is 52.1 Å². The van der Waals surface area contributed by atoms with E-state index >= 15 is 0 Å². The molecule has 7 nitrogen and oxygen atoms in total. The van der Waals surface area contributed by atoms with E-state index < -0.39 is 34.5 Å². The lowest BCUT2D eigenvalue weighted by Gasteiger charge is -2.23. The monoisotopic (exact) mass is 443 g/mol. The van der Waals surface area contributed by atoms with Crippen LogP contribution in [0.15, 0.2) is 23.2 Å². The van der Waals surface area contributed by atoms with Crippen LogP contribution in [0.3, 0.4) is 0 Å². The van der Waals surface area contributed by atoms with Crippen LogP contribution in [0.5, 0.6) is 0 Å². The predicted octanol–water partition coefficient (Wildman–Crippen LogP) is 2.56. The number of pyridine rings is 1. The summed E-state index contributed by atoms with van der Waals surface area (Å²) in [6.07, 6.45) is 0.220. The summed E-state index contributed by atoms with van der Waals surface area (Å²) in [5.74, 6) is -2.63. The summed E-state index contributed by atoms with van der Waals surface area (Å²) < 4.78 is 28.7. The van der Waals surface area contributed by atoms with Crippen molar-refractivity contribution in [1.82, 2.24) is 4.98 Å². The number of nitrogens with two attached hydrogens (primary N) is 1. The van der Waals surface area contributed by atoms with Crippen molar-refractivity contribution >= 4 is 23.5 Å². The van der Waals surface area contributed by atoms with E-state index in [9.17, 15) is 29.2 Å². The van der Waals surface area contributed by atoms with Crippen molar-refractivity contribution in [2.24, 2.45) is 5.73 Å². The van der Waals surface area contributed by atoms with Gasteiger partial charge in [-0.15, -0.1) is 0 Å². The van der Waals surface area contributed by atoms with Gasteiger partial charge in [0.25, 0.3) is 0 Å². The third-order valence-electron chi connectivity index (χ3n) is 5.04. The fraction of sp³-hybridized carbons (Fsp3) is 0.333. The van der Waals surface area contributed by atoms with Crippen LogP contribution >= 0.6 is 11.8 Å². The van der Waals surface area contributed by atoms with Gasteiger partial charge in [0.05, 0.1) is 17.2 Å². The minimum Gasteiger partial charge on any atom is -0.391 e. The Morgan fingerprint density at radius 1 is 1.35 bits per heavy atom. The van der Waals surface area contributed by atoms with E-state index in [4.69, 9.17) is 5.73 Å². The number of carbonyl (C=O) groups is 1. The maximum Gasteiger partial charge on any atom is 0.235 e. The molecule has 0 spiro atoms. The Labute approximate surface area is 182 Å². The number of carbonyl (C=O) groups excluding carboxylic acids is 1. The number of nitriles is 2. The lowest BCUT2D eigenvalue weighted by molar-refractivity contribution is -0.117. The van der Waals surface area contributed by atoms with Gasteiger partial charge in [0.15, 0.2) is 0 Å². The molecule has 160 valence electrons. The largest absolute Gasteiger partial charge is 0.391 e. The average molecular weight is 443 g/mol. The standard InChI is InChI=1S/C21H19F2N5O2S/c1-2-12-13(8-24)20(28-7-6-11(29)10-28)27-21(14(12)9-25)31-18(19(26)30)17-15(22)4-3-5-16(17)23/h3-5,11,18,29H,2,6-7,10H2,1H3,(H2,26,30)/t11-,18?/m0/s1. The molecule has 1 saturated heterocycles. The molecular weight excluding hydrogens is 424 g/mol. The summed E-state index contributed by atoms with van der Waals surface area (Å²) in [6.45, 7) is 2.46. The van der Waals surface area contributed by atoms with Gasteiger partial charge in [-0.1, -0.05) is 24.8 Å². The zero-order valence-corrected chi connectivity index (χ0v) is 17.4. The molecule has 2 aromatic rings. The molecule has 1 aliphatic heterocycles. The highest BCUT2D eigenvalue weighted by atomic mass is 32.2. The molecule has 0 saturated carbocycles. The van der Waals surface area contributed by atoms with E-state index in [1.54, 1.807) is 11.8 Å². The number of β-amino-alcohol motifs (C(OH)–C–C–N with tert-alkyl or cyclic N) is 1. The smallest absolute Gasteiger partial charge is 0.235 e. The molecule has 0 aliphatic carbocycles.